The molecular weight excluding hydrogens is 541 g/mol. The molecular formula is C29H27F3N4O5. The summed E-state index contributed by atoms with van der Waals surface area (Å²) in [5, 5.41) is 11.1. The van der Waals surface area contributed by atoms with Crippen LogP contribution in [0.4, 0.5) is 13.2 Å². The third-order valence-corrected chi connectivity index (χ3v) is 6.39. The molecule has 1 atom stereocenters. The summed E-state index contributed by atoms with van der Waals surface area (Å²) in [6.07, 6.45) is -0.114. The molecule has 1 fully saturated rings. The lowest BCUT2D eigenvalue weighted by Crippen LogP contribution is -2.47. The van der Waals surface area contributed by atoms with Crippen molar-refractivity contribution in [2.45, 2.75) is 31.2 Å². The normalized spacial score (nSPS) is 14.5. The number of piperidine rings is 1. The van der Waals surface area contributed by atoms with Gasteiger partial charge in [-0.25, -0.2) is 9.78 Å². The molecule has 1 saturated heterocycles. The lowest BCUT2D eigenvalue weighted by Gasteiger charge is -2.34. The number of aliphatic carboxylic acids is 1. The summed E-state index contributed by atoms with van der Waals surface area (Å²) in [6.45, 7) is 1.12. The van der Waals surface area contributed by atoms with Crippen LogP contribution in [-0.2, 0) is 9.59 Å². The number of alkyl halides is 3. The molecule has 1 aliphatic rings. The SMILES string of the molecule is O=C(N[C@@H](C(=O)N1CCC(Oc2ccccn2)CC1)c1ccccc1)c1ccc2cc[nH]c2c1.O=C(O)C(F)(F)F. The second-order valence-electron chi connectivity index (χ2n) is 9.21. The summed E-state index contributed by atoms with van der Waals surface area (Å²) >= 11 is 0. The monoisotopic (exact) mass is 568 g/mol. The van der Waals surface area contributed by atoms with Crippen molar-refractivity contribution in [1.29, 1.82) is 0 Å². The predicted molar refractivity (Wildman–Crippen MR) is 143 cm³/mol. The van der Waals surface area contributed by atoms with Gasteiger partial charge in [-0.2, -0.15) is 13.2 Å². The Balaban J connectivity index is 0.000000493. The Bertz CT molecular complexity index is 1470. The van der Waals surface area contributed by atoms with E-state index in [-0.39, 0.29) is 17.9 Å². The Kier molecular flexibility index (Phi) is 9.23. The van der Waals surface area contributed by atoms with Gasteiger partial charge in [-0.15, -0.1) is 0 Å². The van der Waals surface area contributed by atoms with Crippen molar-refractivity contribution in [3.05, 3.63) is 96.3 Å². The second-order valence-corrected chi connectivity index (χ2v) is 9.21. The maximum absolute atomic E-state index is 13.6. The van der Waals surface area contributed by atoms with E-state index in [9.17, 15) is 22.8 Å². The number of pyridine rings is 1. The van der Waals surface area contributed by atoms with Gasteiger partial charge in [-0.3, -0.25) is 9.59 Å². The van der Waals surface area contributed by atoms with Gasteiger partial charge in [0.05, 0.1) is 0 Å². The van der Waals surface area contributed by atoms with E-state index in [2.05, 4.69) is 15.3 Å². The molecule has 12 heteroatoms. The number of carbonyl (C=O) groups is 3. The lowest BCUT2D eigenvalue weighted by molar-refractivity contribution is -0.192. The van der Waals surface area contributed by atoms with E-state index in [0.717, 1.165) is 16.5 Å². The number of hydrogen-bond donors (Lipinski definition) is 3. The maximum atomic E-state index is 13.6. The van der Waals surface area contributed by atoms with Gasteiger partial charge in [-0.1, -0.05) is 42.5 Å². The van der Waals surface area contributed by atoms with E-state index in [1.165, 1.54) is 0 Å². The molecule has 5 rings (SSSR count). The molecule has 2 aromatic carbocycles. The average Bonchev–Trinajstić information content (AvgIpc) is 3.45. The first-order chi connectivity index (χ1) is 19.6. The Hall–Kier alpha value is -4.87. The van der Waals surface area contributed by atoms with Gasteiger partial charge >= 0.3 is 12.1 Å². The van der Waals surface area contributed by atoms with Crippen LogP contribution in [0, 0.1) is 0 Å². The van der Waals surface area contributed by atoms with Crippen molar-refractivity contribution >= 4 is 28.7 Å². The highest BCUT2D eigenvalue weighted by Crippen LogP contribution is 2.23. The van der Waals surface area contributed by atoms with E-state index >= 15 is 0 Å². The van der Waals surface area contributed by atoms with Crippen LogP contribution in [0.1, 0.15) is 34.8 Å². The first kappa shape index (κ1) is 29.1. The van der Waals surface area contributed by atoms with Crippen LogP contribution in [-0.4, -0.2) is 63.1 Å². The Morgan fingerprint density at radius 3 is 2.32 bits per heavy atom. The number of halogens is 3. The van der Waals surface area contributed by atoms with Gasteiger partial charge in [0.1, 0.15) is 12.1 Å². The van der Waals surface area contributed by atoms with E-state index < -0.39 is 18.2 Å². The van der Waals surface area contributed by atoms with Crippen molar-refractivity contribution in [3.8, 4) is 5.88 Å². The number of ether oxygens (including phenoxy) is 1. The zero-order valence-electron chi connectivity index (χ0n) is 21.7. The molecule has 214 valence electrons. The first-order valence-electron chi connectivity index (χ1n) is 12.7. The summed E-state index contributed by atoms with van der Waals surface area (Å²) < 4.78 is 37.7. The van der Waals surface area contributed by atoms with Crippen molar-refractivity contribution in [1.82, 2.24) is 20.2 Å². The molecule has 0 radical (unpaired) electrons. The van der Waals surface area contributed by atoms with Crippen molar-refractivity contribution < 1.29 is 37.4 Å². The van der Waals surface area contributed by atoms with Crippen molar-refractivity contribution in [3.63, 3.8) is 0 Å². The van der Waals surface area contributed by atoms with Crippen LogP contribution < -0.4 is 10.1 Å². The zero-order valence-corrected chi connectivity index (χ0v) is 21.7. The fourth-order valence-electron chi connectivity index (χ4n) is 4.30. The number of carbonyl (C=O) groups excluding carboxylic acids is 2. The minimum absolute atomic E-state index is 0.0104. The molecule has 0 unspecified atom stereocenters. The van der Waals surface area contributed by atoms with Crippen LogP contribution in [0.2, 0.25) is 0 Å². The number of hydrogen-bond acceptors (Lipinski definition) is 5. The highest BCUT2D eigenvalue weighted by molar-refractivity contribution is 6.00. The standard InChI is InChI=1S/C27H26N4O3.C2HF3O2/c32-26(21-10-9-19-11-15-28-23(19)18-21)30-25(20-6-2-1-3-7-20)27(33)31-16-12-22(13-17-31)34-24-8-4-5-14-29-24;3-2(4,5)1(6)7/h1-11,14-15,18,22,25,28H,12-13,16-17H2,(H,30,32);(H,6,7)/t25-;/m1./s1. The van der Waals surface area contributed by atoms with Gasteiger partial charge in [0.2, 0.25) is 11.8 Å². The predicted octanol–water partition coefficient (Wildman–Crippen LogP) is 4.74. The number of carboxylic acids is 1. The highest BCUT2D eigenvalue weighted by Gasteiger charge is 2.38. The Morgan fingerprint density at radius 2 is 1.68 bits per heavy atom. The Labute approximate surface area is 233 Å². The number of nitrogens with zero attached hydrogens (tertiary/aromatic N) is 2. The van der Waals surface area contributed by atoms with Gasteiger partial charge < -0.3 is 25.0 Å². The fraction of sp³-hybridized carbons (Fsp3) is 0.241. The molecule has 0 bridgehead atoms. The smallest absolute Gasteiger partial charge is 0.475 e. The van der Waals surface area contributed by atoms with E-state index in [1.54, 1.807) is 18.3 Å². The number of rotatable bonds is 6. The second kappa shape index (κ2) is 13.0. The van der Waals surface area contributed by atoms with E-state index in [1.807, 2.05) is 71.8 Å². The molecule has 4 aromatic rings. The largest absolute Gasteiger partial charge is 0.490 e. The van der Waals surface area contributed by atoms with E-state index in [0.29, 0.717) is 37.4 Å². The lowest BCUT2D eigenvalue weighted by atomic mass is 10.0. The van der Waals surface area contributed by atoms with Gasteiger partial charge in [0, 0.05) is 55.5 Å². The molecule has 2 aromatic heterocycles. The number of carboxylic acid groups (broad SMARTS) is 1. The molecule has 0 saturated carbocycles. The number of aromatic nitrogens is 2. The average molecular weight is 569 g/mol. The highest BCUT2D eigenvalue weighted by atomic mass is 19.4. The van der Waals surface area contributed by atoms with Crippen LogP contribution in [0.15, 0.2) is 85.2 Å². The van der Waals surface area contributed by atoms with Crippen LogP contribution in [0.3, 0.4) is 0 Å². The van der Waals surface area contributed by atoms with Crippen LogP contribution in [0.5, 0.6) is 5.88 Å². The van der Waals surface area contributed by atoms with Crippen LogP contribution in [0.25, 0.3) is 10.9 Å². The number of nitrogens with one attached hydrogen (secondary N) is 2. The first-order valence-corrected chi connectivity index (χ1v) is 12.7. The third-order valence-electron chi connectivity index (χ3n) is 6.39. The van der Waals surface area contributed by atoms with Gasteiger partial charge in [0.15, 0.2) is 0 Å². The molecule has 0 spiro atoms. The van der Waals surface area contributed by atoms with Gasteiger partial charge in [-0.05, 0) is 35.2 Å². The topological polar surface area (TPSA) is 125 Å². The minimum atomic E-state index is -5.08. The zero-order chi connectivity index (χ0) is 29.4. The summed E-state index contributed by atoms with van der Waals surface area (Å²) in [6, 6.07) is 21.6. The van der Waals surface area contributed by atoms with Gasteiger partial charge in [0.25, 0.3) is 5.91 Å². The minimum Gasteiger partial charge on any atom is -0.475 e. The van der Waals surface area contributed by atoms with Crippen molar-refractivity contribution in [2.24, 2.45) is 0 Å². The molecule has 3 heterocycles. The fourth-order valence-corrected chi connectivity index (χ4v) is 4.30. The maximum Gasteiger partial charge on any atom is 0.490 e. The summed E-state index contributed by atoms with van der Waals surface area (Å²) in [7, 11) is 0. The summed E-state index contributed by atoms with van der Waals surface area (Å²) in [4.78, 5) is 44.7. The molecule has 9 nitrogen and oxygen atoms in total. The molecule has 41 heavy (non-hydrogen) atoms. The summed E-state index contributed by atoms with van der Waals surface area (Å²) in [5.41, 5.74) is 2.14. The number of aromatic amines is 1. The quantitative estimate of drug-likeness (QED) is 0.309. The number of benzene rings is 2. The Morgan fingerprint density at radius 1 is 1.00 bits per heavy atom. The molecule has 1 aliphatic heterocycles. The number of H-pyrrole nitrogens is 1. The number of fused-ring (bicyclic) bond motifs is 1. The number of likely N-dealkylation sites (tertiary alicyclic amines) is 1. The number of amides is 2. The summed E-state index contributed by atoms with van der Waals surface area (Å²) in [5.74, 6) is -2.56. The molecule has 0 aliphatic carbocycles. The van der Waals surface area contributed by atoms with Crippen LogP contribution >= 0.6 is 0 Å². The van der Waals surface area contributed by atoms with E-state index in [4.69, 9.17) is 14.6 Å². The third kappa shape index (κ3) is 7.84. The molecule has 2 amide bonds. The molecule has 3 N–H and O–H groups in total. The van der Waals surface area contributed by atoms with Crippen molar-refractivity contribution in [2.75, 3.05) is 13.1 Å².